The minimum Gasteiger partial charge on any atom is -0.548 e. The van der Waals surface area contributed by atoms with Crippen LogP contribution in [0.1, 0.15) is 30.4 Å². The van der Waals surface area contributed by atoms with E-state index in [0.717, 1.165) is 28.5 Å². The number of aliphatic carboxylic acids is 1. The number of sulfonamides is 1. The molecule has 0 aliphatic carbocycles. The number of carboxylic acids is 1. The molecule has 0 amide bonds. The smallest absolute Gasteiger partial charge is 0.243 e. The zero-order chi connectivity index (χ0) is 21.7. The van der Waals surface area contributed by atoms with Crippen LogP contribution >= 0.6 is 0 Å². The van der Waals surface area contributed by atoms with Gasteiger partial charge in [-0.2, -0.15) is 4.31 Å². The number of hydrogen-bond acceptors (Lipinski definition) is 6. The zero-order valence-electron chi connectivity index (χ0n) is 17.0. The van der Waals surface area contributed by atoms with Gasteiger partial charge in [0.15, 0.2) is 0 Å². The van der Waals surface area contributed by atoms with Gasteiger partial charge in [0.1, 0.15) is 11.9 Å². The molecule has 8 heteroatoms. The highest BCUT2D eigenvalue weighted by Crippen LogP contribution is 2.27. The van der Waals surface area contributed by atoms with Gasteiger partial charge < -0.3 is 20.4 Å². The van der Waals surface area contributed by atoms with E-state index in [9.17, 15) is 18.3 Å². The number of rotatable bonds is 4. The van der Waals surface area contributed by atoms with Crippen molar-refractivity contribution in [1.82, 2.24) is 4.31 Å². The number of carboxylic acid groups (broad SMARTS) is 1. The predicted molar refractivity (Wildman–Crippen MR) is 111 cm³/mol. The second kappa shape index (κ2) is 9.59. The lowest BCUT2D eigenvalue weighted by Crippen LogP contribution is -2.46. The number of fused-ring (bicyclic) bond motifs is 1. The number of carbonyl (C=O) groups is 1. The molecule has 4 rings (SSSR count). The standard InChI is InChI=1S/C12H15NO4S.C10H13NO/c1-9-4-6-10(7-5-9)18(16,17)13-8-2-3-11(13)12(14)15;11-7-9-6-5-8-3-1-2-4-10(8)12-9/h4-7,11H,2-3,8H2,1H3,(H,14,15);1-4,9H,5-7,11H2/p-1/t11-;9-/m01/s1. The largest absolute Gasteiger partial charge is 0.548 e. The van der Waals surface area contributed by atoms with Crippen molar-refractivity contribution in [3.8, 4) is 5.75 Å². The quantitative estimate of drug-likeness (QED) is 0.779. The van der Waals surface area contributed by atoms with Gasteiger partial charge in [-0.15, -0.1) is 0 Å². The van der Waals surface area contributed by atoms with Crippen molar-refractivity contribution >= 4 is 16.0 Å². The summed E-state index contributed by atoms with van der Waals surface area (Å²) in [4.78, 5) is 11.1. The van der Waals surface area contributed by atoms with E-state index in [0.29, 0.717) is 19.4 Å². The Bertz CT molecular complexity index is 975. The number of carbonyl (C=O) groups excluding carboxylic acids is 1. The second-order valence-electron chi connectivity index (χ2n) is 7.53. The molecule has 2 aliphatic rings. The Morgan fingerprint density at radius 3 is 2.53 bits per heavy atom. The van der Waals surface area contributed by atoms with Gasteiger partial charge in [0.25, 0.3) is 0 Å². The Hall–Kier alpha value is -2.42. The molecular weight excluding hydrogens is 404 g/mol. The average Bonchev–Trinajstić information content (AvgIpc) is 3.25. The van der Waals surface area contributed by atoms with Gasteiger partial charge >= 0.3 is 0 Å². The molecule has 2 aromatic carbocycles. The van der Waals surface area contributed by atoms with Crippen LogP contribution in [0.15, 0.2) is 53.4 Å². The normalized spacial score (nSPS) is 21.1. The van der Waals surface area contributed by atoms with Crippen molar-refractivity contribution in [2.45, 2.75) is 49.6 Å². The van der Waals surface area contributed by atoms with E-state index in [2.05, 4.69) is 6.07 Å². The molecule has 2 aromatic rings. The fourth-order valence-corrected chi connectivity index (χ4v) is 5.30. The van der Waals surface area contributed by atoms with Gasteiger partial charge in [0.05, 0.1) is 16.9 Å². The average molecular weight is 432 g/mol. The SMILES string of the molecule is Cc1ccc(S(=O)(=O)N2CCC[C@H]2C(=O)[O-])cc1.NC[C@H]1CCc2ccccc2O1. The molecule has 30 heavy (non-hydrogen) atoms. The highest BCUT2D eigenvalue weighted by atomic mass is 32.2. The molecule has 1 fully saturated rings. The van der Waals surface area contributed by atoms with Gasteiger partial charge in [-0.3, -0.25) is 0 Å². The highest BCUT2D eigenvalue weighted by Gasteiger charge is 2.35. The van der Waals surface area contributed by atoms with Crippen LogP contribution in [0.4, 0.5) is 0 Å². The van der Waals surface area contributed by atoms with E-state index in [1.165, 1.54) is 17.7 Å². The van der Waals surface area contributed by atoms with Crippen LogP contribution in [0.3, 0.4) is 0 Å². The summed E-state index contributed by atoms with van der Waals surface area (Å²) in [5.74, 6) is -0.317. The first kappa shape index (κ1) is 22.3. The minimum absolute atomic E-state index is 0.126. The number of nitrogens with two attached hydrogens (primary N) is 1. The summed E-state index contributed by atoms with van der Waals surface area (Å²) in [6, 6.07) is 13.5. The number of ether oxygens (including phenoxy) is 1. The van der Waals surface area contributed by atoms with Crippen LogP contribution in [0.2, 0.25) is 0 Å². The summed E-state index contributed by atoms with van der Waals surface area (Å²) in [6.45, 7) is 2.71. The Morgan fingerprint density at radius 2 is 1.87 bits per heavy atom. The molecule has 0 saturated carbocycles. The number of benzene rings is 2. The summed E-state index contributed by atoms with van der Waals surface area (Å²) < 4.78 is 31.3. The molecule has 7 nitrogen and oxygen atoms in total. The Labute approximate surface area is 177 Å². The van der Waals surface area contributed by atoms with E-state index in [1.807, 2.05) is 25.1 Å². The summed E-state index contributed by atoms with van der Waals surface area (Å²) >= 11 is 0. The lowest BCUT2D eigenvalue weighted by atomic mass is 10.0. The van der Waals surface area contributed by atoms with Crippen LogP contribution in [0.5, 0.6) is 5.75 Å². The van der Waals surface area contributed by atoms with Gasteiger partial charge in [-0.25, -0.2) is 8.42 Å². The van der Waals surface area contributed by atoms with Crippen molar-refractivity contribution in [3.63, 3.8) is 0 Å². The fraction of sp³-hybridized carbons (Fsp3) is 0.409. The molecule has 2 aliphatic heterocycles. The molecule has 162 valence electrons. The van der Waals surface area contributed by atoms with Crippen LogP contribution in [0, 0.1) is 6.92 Å². The fourth-order valence-electron chi connectivity index (χ4n) is 3.66. The van der Waals surface area contributed by atoms with E-state index in [1.54, 1.807) is 12.1 Å². The summed E-state index contributed by atoms with van der Waals surface area (Å²) in [5, 5.41) is 10.9. The summed E-state index contributed by atoms with van der Waals surface area (Å²) in [6.07, 6.45) is 3.22. The van der Waals surface area contributed by atoms with Gasteiger partial charge in [0.2, 0.25) is 10.0 Å². The topological polar surface area (TPSA) is 113 Å². The molecule has 2 N–H and O–H groups in total. The minimum atomic E-state index is -3.74. The van der Waals surface area contributed by atoms with Crippen LogP contribution in [-0.2, 0) is 21.2 Å². The summed E-state index contributed by atoms with van der Waals surface area (Å²) in [5.41, 5.74) is 7.79. The molecule has 0 aromatic heterocycles. The van der Waals surface area contributed by atoms with E-state index >= 15 is 0 Å². The van der Waals surface area contributed by atoms with Gasteiger partial charge in [0, 0.05) is 13.1 Å². The number of aryl methyl sites for hydroxylation is 2. The molecule has 0 unspecified atom stereocenters. The van der Waals surface area contributed by atoms with Crippen molar-refractivity contribution in [3.05, 3.63) is 59.7 Å². The lowest BCUT2D eigenvalue weighted by Gasteiger charge is -2.24. The van der Waals surface area contributed by atoms with Crippen molar-refractivity contribution in [2.24, 2.45) is 5.73 Å². The molecular formula is C22H27N2O5S-. The number of hydrogen-bond donors (Lipinski definition) is 1. The first-order valence-corrected chi connectivity index (χ1v) is 11.5. The molecule has 0 radical (unpaired) electrons. The van der Waals surface area contributed by atoms with Crippen LogP contribution < -0.4 is 15.6 Å². The third-order valence-corrected chi connectivity index (χ3v) is 7.29. The molecule has 2 atom stereocenters. The van der Waals surface area contributed by atoms with Crippen molar-refractivity contribution in [1.29, 1.82) is 0 Å². The maximum Gasteiger partial charge on any atom is 0.243 e. The Kier molecular flexibility index (Phi) is 7.12. The monoisotopic (exact) mass is 431 g/mol. The van der Waals surface area contributed by atoms with Crippen molar-refractivity contribution < 1.29 is 23.1 Å². The summed E-state index contributed by atoms with van der Waals surface area (Å²) in [7, 11) is -3.74. The first-order chi connectivity index (χ1) is 14.3. The third kappa shape index (κ3) is 5.00. The third-order valence-electron chi connectivity index (χ3n) is 5.37. The number of nitrogens with zero attached hydrogens (tertiary/aromatic N) is 1. The van der Waals surface area contributed by atoms with Gasteiger partial charge in [-0.05, 0) is 56.4 Å². The maximum absolute atomic E-state index is 12.3. The first-order valence-electron chi connectivity index (χ1n) is 10.1. The van der Waals surface area contributed by atoms with Crippen LogP contribution in [0.25, 0.3) is 0 Å². The van der Waals surface area contributed by atoms with Crippen LogP contribution in [-0.4, -0.2) is 43.9 Å². The van der Waals surface area contributed by atoms with Gasteiger partial charge in [-0.1, -0.05) is 35.9 Å². The zero-order valence-corrected chi connectivity index (χ0v) is 17.8. The molecule has 1 saturated heterocycles. The highest BCUT2D eigenvalue weighted by molar-refractivity contribution is 7.89. The molecule has 0 bridgehead atoms. The lowest BCUT2D eigenvalue weighted by molar-refractivity contribution is -0.309. The van der Waals surface area contributed by atoms with E-state index < -0.39 is 22.0 Å². The van der Waals surface area contributed by atoms with Crippen molar-refractivity contribution in [2.75, 3.05) is 13.1 Å². The predicted octanol–water partition coefficient (Wildman–Crippen LogP) is 1.24. The Morgan fingerprint density at radius 1 is 1.17 bits per heavy atom. The van der Waals surface area contributed by atoms with E-state index in [-0.39, 0.29) is 17.5 Å². The molecule has 2 heterocycles. The maximum atomic E-state index is 12.3. The molecule has 0 spiro atoms. The Balaban J connectivity index is 0.000000184. The van der Waals surface area contributed by atoms with E-state index in [4.69, 9.17) is 10.5 Å². The second-order valence-corrected chi connectivity index (χ2v) is 9.42. The number of para-hydroxylation sites is 1.